The van der Waals surface area contributed by atoms with Crippen LogP contribution in [0, 0.1) is 6.92 Å². The number of carbonyl (C=O) groups excluding carboxylic acids is 2. The van der Waals surface area contributed by atoms with Gasteiger partial charge in [-0.15, -0.1) is 0 Å². The van der Waals surface area contributed by atoms with Gasteiger partial charge < -0.3 is 18.1 Å². The average molecular weight is 483 g/mol. The molecule has 1 aliphatic rings. The van der Waals surface area contributed by atoms with Crippen LogP contribution in [0.3, 0.4) is 0 Å². The Hall–Kier alpha value is -3.85. The van der Waals surface area contributed by atoms with Crippen molar-refractivity contribution in [3.63, 3.8) is 0 Å². The number of hydrogen-bond acceptors (Lipinski definition) is 8. The second-order valence-corrected chi connectivity index (χ2v) is 9.44. The monoisotopic (exact) mass is 482 g/mol. The van der Waals surface area contributed by atoms with E-state index in [1.807, 2.05) is 6.92 Å². The SMILES string of the molecule is CC(=O)OC1=C(C)C(C=O)OC(c2cc3cc(OS(=O)(=O)c4ccc(C)cc4)ccc3o2)=C1C. The summed E-state index contributed by atoms with van der Waals surface area (Å²) >= 11 is 0. The molecule has 4 rings (SSSR count). The summed E-state index contributed by atoms with van der Waals surface area (Å²) in [6.07, 6.45) is -0.338. The standard InChI is InChI=1S/C25H22O8S/c1-14-5-8-20(9-6-14)34(28,29)33-19-7-10-21-18(11-19)12-22(31-21)25-16(3)24(30-17(4)27)15(2)23(13-26)32-25/h5-13,23H,1-4H3. The number of aldehydes is 1. The first-order valence-corrected chi connectivity index (χ1v) is 11.8. The van der Waals surface area contributed by atoms with Gasteiger partial charge in [0, 0.05) is 23.5 Å². The van der Waals surface area contributed by atoms with E-state index in [1.165, 1.54) is 31.2 Å². The highest BCUT2D eigenvalue weighted by Crippen LogP contribution is 2.37. The number of esters is 1. The van der Waals surface area contributed by atoms with Crippen molar-refractivity contribution in [2.75, 3.05) is 0 Å². The quantitative estimate of drug-likeness (QED) is 0.283. The van der Waals surface area contributed by atoms with Crippen LogP contribution in [0.5, 0.6) is 5.75 Å². The second kappa shape index (κ2) is 8.83. The average Bonchev–Trinajstić information content (AvgIpc) is 3.19. The first-order valence-electron chi connectivity index (χ1n) is 10.4. The maximum Gasteiger partial charge on any atom is 0.339 e. The summed E-state index contributed by atoms with van der Waals surface area (Å²) in [5.41, 5.74) is 2.34. The van der Waals surface area contributed by atoms with Gasteiger partial charge >= 0.3 is 16.1 Å². The number of benzene rings is 2. The lowest BCUT2D eigenvalue weighted by Crippen LogP contribution is -2.23. The highest BCUT2D eigenvalue weighted by Gasteiger charge is 2.30. The van der Waals surface area contributed by atoms with Crippen LogP contribution < -0.4 is 4.18 Å². The van der Waals surface area contributed by atoms with Crippen molar-refractivity contribution in [2.24, 2.45) is 0 Å². The fraction of sp³-hybridized carbons (Fsp3) is 0.200. The molecule has 0 fully saturated rings. The van der Waals surface area contributed by atoms with Crippen LogP contribution >= 0.6 is 0 Å². The molecule has 0 spiro atoms. The van der Waals surface area contributed by atoms with E-state index in [0.717, 1.165) is 5.56 Å². The van der Waals surface area contributed by atoms with Gasteiger partial charge in [-0.2, -0.15) is 8.42 Å². The fourth-order valence-electron chi connectivity index (χ4n) is 3.57. The number of carbonyl (C=O) groups is 2. The number of fused-ring (bicyclic) bond motifs is 1. The molecule has 2 heterocycles. The van der Waals surface area contributed by atoms with E-state index in [-0.39, 0.29) is 27.9 Å². The smallest absolute Gasteiger partial charge is 0.339 e. The van der Waals surface area contributed by atoms with Gasteiger partial charge in [0.2, 0.25) is 0 Å². The molecule has 0 aliphatic carbocycles. The Morgan fingerprint density at radius 1 is 1.03 bits per heavy atom. The number of rotatable bonds is 6. The molecule has 34 heavy (non-hydrogen) atoms. The van der Waals surface area contributed by atoms with E-state index >= 15 is 0 Å². The van der Waals surface area contributed by atoms with Crippen molar-refractivity contribution in [3.05, 3.63) is 76.8 Å². The van der Waals surface area contributed by atoms with E-state index in [9.17, 15) is 18.0 Å². The maximum atomic E-state index is 12.6. The van der Waals surface area contributed by atoms with Gasteiger partial charge in [0.1, 0.15) is 22.0 Å². The molecule has 1 aromatic heterocycles. The Kier molecular flexibility index (Phi) is 6.05. The molecule has 0 saturated heterocycles. The number of ether oxygens (including phenoxy) is 2. The lowest BCUT2D eigenvalue weighted by molar-refractivity contribution is -0.137. The first-order chi connectivity index (χ1) is 16.1. The Balaban J connectivity index is 1.69. The van der Waals surface area contributed by atoms with Crippen LogP contribution in [0.2, 0.25) is 0 Å². The number of allylic oxidation sites excluding steroid dienone is 1. The molecule has 3 aromatic rings. The molecule has 0 amide bonds. The molecule has 1 unspecified atom stereocenters. The molecule has 2 aromatic carbocycles. The first kappa shape index (κ1) is 23.3. The summed E-state index contributed by atoms with van der Waals surface area (Å²) in [5, 5.41) is 0.554. The summed E-state index contributed by atoms with van der Waals surface area (Å²) in [7, 11) is -4.01. The minimum absolute atomic E-state index is 0.0440. The molecule has 0 saturated carbocycles. The van der Waals surface area contributed by atoms with E-state index in [4.69, 9.17) is 18.1 Å². The Bertz CT molecular complexity index is 1460. The molecule has 1 aliphatic heterocycles. The highest BCUT2D eigenvalue weighted by atomic mass is 32.2. The van der Waals surface area contributed by atoms with Crippen molar-refractivity contribution >= 4 is 39.1 Å². The largest absolute Gasteiger partial charge is 0.474 e. The van der Waals surface area contributed by atoms with Crippen LogP contribution in [0.1, 0.15) is 32.1 Å². The Morgan fingerprint density at radius 3 is 2.38 bits per heavy atom. The van der Waals surface area contributed by atoms with Gasteiger partial charge in [-0.1, -0.05) is 17.7 Å². The summed E-state index contributed by atoms with van der Waals surface area (Å²) in [5.74, 6) is 0.359. The Labute approximate surface area is 196 Å². The normalized spacial score (nSPS) is 16.4. The topological polar surface area (TPSA) is 109 Å². The van der Waals surface area contributed by atoms with E-state index in [0.29, 0.717) is 28.4 Å². The molecule has 0 bridgehead atoms. The van der Waals surface area contributed by atoms with E-state index in [2.05, 4.69) is 0 Å². The third kappa shape index (κ3) is 4.47. The molecule has 9 heteroatoms. The van der Waals surface area contributed by atoms with Gasteiger partial charge in [0.05, 0.1) is 0 Å². The van der Waals surface area contributed by atoms with Crippen molar-refractivity contribution in [3.8, 4) is 5.75 Å². The van der Waals surface area contributed by atoms with Gasteiger partial charge in [0.25, 0.3) is 0 Å². The molecule has 0 N–H and O–H groups in total. The molecule has 8 nitrogen and oxygen atoms in total. The molecule has 1 atom stereocenters. The van der Waals surface area contributed by atoms with Gasteiger partial charge in [-0.25, -0.2) is 0 Å². The number of furan rings is 1. The van der Waals surface area contributed by atoms with Crippen molar-refractivity contribution < 1.29 is 36.1 Å². The maximum absolute atomic E-state index is 12.6. The van der Waals surface area contributed by atoms with Crippen LogP contribution in [0.15, 0.2) is 74.7 Å². The zero-order chi connectivity index (χ0) is 24.6. The van der Waals surface area contributed by atoms with Crippen LogP contribution in [-0.2, 0) is 29.2 Å². The van der Waals surface area contributed by atoms with Crippen LogP contribution in [-0.4, -0.2) is 26.8 Å². The van der Waals surface area contributed by atoms with Crippen molar-refractivity contribution in [1.82, 2.24) is 0 Å². The van der Waals surface area contributed by atoms with Gasteiger partial charge in [-0.3, -0.25) is 9.59 Å². The predicted molar refractivity (Wildman–Crippen MR) is 123 cm³/mol. The van der Waals surface area contributed by atoms with Gasteiger partial charge in [-0.05, 0) is 57.2 Å². The predicted octanol–water partition coefficient (Wildman–Crippen LogP) is 4.67. The lowest BCUT2D eigenvalue weighted by Gasteiger charge is -2.26. The van der Waals surface area contributed by atoms with Crippen molar-refractivity contribution in [2.45, 2.75) is 38.7 Å². The minimum Gasteiger partial charge on any atom is -0.474 e. The van der Waals surface area contributed by atoms with Crippen molar-refractivity contribution in [1.29, 1.82) is 0 Å². The zero-order valence-corrected chi connectivity index (χ0v) is 19.8. The number of hydrogen-bond donors (Lipinski definition) is 0. The third-order valence-electron chi connectivity index (χ3n) is 5.31. The van der Waals surface area contributed by atoms with Crippen LogP contribution in [0.25, 0.3) is 16.7 Å². The highest BCUT2D eigenvalue weighted by molar-refractivity contribution is 7.87. The number of aryl methyl sites for hydroxylation is 1. The van der Waals surface area contributed by atoms with E-state index < -0.39 is 22.2 Å². The molecule has 0 radical (unpaired) electrons. The third-order valence-corrected chi connectivity index (χ3v) is 6.57. The van der Waals surface area contributed by atoms with Gasteiger partial charge in [0.15, 0.2) is 23.9 Å². The summed E-state index contributed by atoms with van der Waals surface area (Å²) < 4.78 is 47.5. The zero-order valence-electron chi connectivity index (χ0n) is 18.9. The summed E-state index contributed by atoms with van der Waals surface area (Å²) in [6.45, 7) is 6.47. The molecular formula is C25H22O8S. The molecule has 176 valence electrons. The summed E-state index contributed by atoms with van der Waals surface area (Å²) in [4.78, 5) is 23.1. The summed E-state index contributed by atoms with van der Waals surface area (Å²) in [6, 6.07) is 12.5. The van der Waals surface area contributed by atoms with E-state index in [1.54, 1.807) is 38.1 Å². The fourth-order valence-corrected chi connectivity index (χ4v) is 4.49. The lowest BCUT2D eigenvalue weighted by atomic mass is 10.0. The van der Waals surface area contributed by atoms with Crippen LogP contribution in [0.4, 0.5) is 0 Å². The minimum atomic E-state index is -4.01. The second-order valence-electron chi connectivity index (χ2n) is 7.90. The molecular weight excluding hydrogens is 460 g/mol. The Morgan fingerprint density at radius 2 is 1.74 bits per heavy atom.